The van der Waals surface area contributed by atoms with Crippen LogP contribution in [0.1, 0.15) is 41.8 Å². The van der Waals surface area contributed by atoms with Gasteiger partial charge in [0.1, 0.15) is 17.3 Å². The summed E-state index contributed by atoms with van der Waals surface area (Å²) in [7, 11) is 0. The van der Waals surface area contributed by atoms with Gasteiger partial charge in [0.05, 0.1) is 6.04 Å². The van der Waals surface area contributed by atoms with Crippen molar-refractivity contribution in [2.45, 2.75) is 26.8 Å². The van der Waals surface area contributed by atoms with Gasteiger partial charge >= 0.3 is 0 Å². The fourth-order valence-corrected chi connectivity index (χ4v) is 1.99. The Balaban J connectivity index is 1.87. The Bertz CT molecular complexity index is 675. The highest BCUT2D eigenvalue weighted by Gasteiger charge is 2.13. The number of ketones is 1. The third-order valence-electron chi connectivity index (χ3n) is 3.18. The zero-order valence-corrected chi connectivity index (χ0v) is 12.9. The van der Waals surface area contributed by atoms with E-state index in [4.69, 9.17) is 9.15 Å². The number of ether oxygens (including phenoxy) is 1. The molecule has 1 atom stereocenters. The van der Waals surface area contributed by atoms with Crippen LogP contribution in [0.25, 0.3) is 0 Å². The normalized spacial score (nSPS) is 11.8. The maximum Gasteiger partial charge on any atom is 0.258 e. The van der Waals surface area contributed by atoms with Gasteiger partial charge in [0.15, 0.2) is 12.4 Å². The smallest absolute Gasteiger partial charge is 0.258 e. The molecule has 1 amide bonds. The fraction of sp³-hybridized carbons (Fsp3) is 0.294. The average molecular weight is 301 g/mol. The summed E-state index contributed by atoms with van der Waals surface area (Å²) in [5.41, 5.74) is 0.553. The van der Waals surface area contributed by atoms with Crippen molar-refractivity contribution < 1.29 is 18.7 Å². The molecule has 22 heavy (non-hydrogen) atoms. The Hall–Kier alpha value is -2.56. The first kappa shape index (κ1) is 15.8. The van der Waals surface area contributed by atoms with E-state index >= 15 is 0 Å². The molecule has 0 saturated carbocycles. The Labute approximate surface area is 129 Å². The van der Waals surface area contributed by atoms with Crippen LogP contribution in [0.15, 0.2) is 40.8 Å². The van der Waals surface area contributed by atoms with E-state index in [2.05, 4.69) is 5.32 Å². The maximum atomic E-state index is 11.9. The SMILES string of the molecule is CC(=O)c1cccc(OCC(=O)NC(C)c2ccc(C)o2)c1. The minimum absolute atomic E-state index is 0.0447. The first-order chi connectivity index (χ1) is 10.5. The van der Waals surface area contributed by atoms with Crippen LogP contribution in [0, 0.1) is 6.92 Å². The van der Waals surface area contributed by atoms with Crippen LogP contribution in [-0.2, 0) is 4.79 Å². The van der Waals surface area contributed by atoms with E-state index in [9.17, 15) is 9.59 Å². The highest BCUT2D eigenvalue weighted by molar-refractivity contribution is 5.94. The molecule has 0 spiro atoms. The lowest BCUT2D eigenvalue weighted by molar-refractivity contribution is -0.123. The van der Waals surface area contributed by atoms with Gasteiger partial charge in [-0.25, -0.2) is 0 Å². The van der Waals surface area contributed by atoms with Gasteiger partial charge in [0, 0.05) is 5.56 Å². The quantitative estimate of drug-likeness (QED) is 0.833. The Kier molecular flexibility index (Phi) is 4.99. The third kappa shape index (κ3) is 4.22. The summed E-state index contributed by atoms with van der Waals surface area (Å²) in [5.74, 6) is 1.69. The van der Waals surface area contributed by atoms with E-state index in [0.29, 0.717) is 17.1 Å². The molecule has 1 unspecified atom stereocenters. The Morgan fingerprint density at radius 1 is 1.27 bits per heavy atom. The van der Waals surface area contributed by atoms with Gasteiger partial charge in [-0.05, 0) is 45.0 Å². The average Bonchev–Trinajstić information content (AvgIpc) is 2.92. The van der Waals surface area contributed by atoms with E-state index in [0.717, 1.165) is 5.76 Å². The largest absolute Gasteiger partial charge is 0.484 e. The fourth-order valence-electron chi connectivity index (χ4n) is 1.99. The Morgan fingerprint density at radius 2 is 2.05 bits per heavy atom. The summed E-state index contributed by atoms with van der Waals surface area (Å²) in [6.07, 6.45) is 0. The highest BCUT2D eigenvalue weighted by Crippen LogP contribution is 2.16. The minimum Gasteiger partial charge on any atom is -0.484 e. The van der Waals surface area contributed by atoms with Gasteiger partial charge in [-0.2, -0.15) is 0 Å². The van der Waals surface area contributed by atoms with E-state index in [1.165, 1.54) is 6.92 Å². The van der Waals surface area contributed by atoms with Crippen LogP contribution >= 0.6 is 0 Å². The van der Waals surface area contributed by atoms with Gasteiger partial charge in [0.2, 0.25) is 0 Å². The summed E-state index contributed by atoms with van der Waals surface area (Å²) in [5, 5.41) is 2.79. The van der Waals surface area contributed by atoms with Crippen LogP contribution in [0.4, 0.5) is 0 Å². The molecule has 1 N–H and O–H groups in total. The van der Waals surface area contributed by atoms with Crippen molar-refractivity contribution >= 4 is 11.7 Å². The van der Waals surface area contributed by atoms with E-state index in [-0.39, 0.29) is 24.3 Å². The number of furan rings is 1. The molecule has 116 valence electrons. The van der Waals surface area contributed by atoms with Crippen LogP contribution in [0.3, 0.4) is 0 Å². The van der Waals surface area contributed by atoms with Crippen LogP contribution in [0.2, 0.25) is 0 Å². The van der Waals surface area contributed by atoms with E-state index in [1.807, 2.05) is 26.0 Å². The highest BCUT2D eigenvalue weighted by atomic mass is 16.5. The second-order valence-electron chi connectivity index (χ2n) is 5.11. The zero-order chi connectivity index (χ0) is 16.1. The number of hydrogen-bond acceptors (Lipinski definition) is 4. The molecule has 2 rings (SSSR count). The summed E-state index contributed by atoms with van der Waals surface area (Å²) in [6, 6.07) is 10.2. The molecule has 1 aromatic heterocycles. The van der Waals surface area contributed by atoms with Crippen molar-refractivity contribution in [3.8, 4) is 5.75 Å². The van der Waals surface area contributed by atoms with Gasteiger partial charge in [-0.15, -0.1) is 0 Å². The number of aryl methyl sites for hydroxylation is 1. The first-order valence-electron chi connectivity index (χ1n) is 7.05. The lowest BCUT2D eigenvalue weighted by atomic mass is 10.1. The van der Waals surface area contributed by atoms with Crippen molar-refractivity contribution in [3.05, 3.63) is 53.5 Å². The summed E-state index contributed by atoms with van der Waals surface area (Å²) >= 11 is 0. The second kappa shape index (κ2) is 6.93. The number of carbonyl (C=O) groups is 2. The Morgan fingerprint density at radius 3 is 2.68 bits per heavy atom. The molecule has 0 bridgehead atoms. The van der Waals surface area contributed by atoms with Crippen molar-refractivity contribution in [2.24, 2.45) is 0 Å². The van der Waals surface area contributed by atoms with Gasteiger partial charge < -0.3 is 14.5 Å². The van der Waals surface area contributed by atoms with Crippen molar-refractivity contribution in [1.82, 2.24) is 5.32 Å². The number of amides is 1. The topological polar surface area (TPSA) is 68.5 Å². The van der Waals surface area contributed by atoms with E-state index in [1.54, 1.807) is 24.3 Å². The lowest BCUT2D eigenvalue weighted by Crippen LogP contribution is -2.31. The van der Waals surface area contributed by atoms with Crippen LogP contribution < -0.4 is 10.1 Å². The molecule has 0 aliphatic heterocycles. The summed E-state index contributed by atoms with van der Waals surface area (Å²) in [6.45, 7) is 5.06. The number of benzene rings is 1. The summed E-state index contributed by atoms with van der Waals surface area (Å²) in [4.78, 5) is 23.2. The van der Waals surface area contributed by atoms with Gasteiger partial charge in [0.25, 0.3) is 5.91 Å². The monoisotopic (exact) mass is 301 g/mol. The van der Waals surface area contributed by atoms with Gasteiger partial charge in [-0.3, -0.25) is 9.59 Å². The molecule has 1 heterocycles. The van der Waals surface area contributed by atoms with Crippen LogP contribution in [-0.4, -0.2) is 18.3 Å². The molecule has 0 fully saturated rings. The number of hydrogen-bond donors (Lipinski definition) is 1. The minimum atomic E-state index is -0.255. The standard InChI is InChI=1S/C17H19NO4/c1-11-7-8-16(22-11)12(2)18-17(20)10-21-15-6-4-5-14(9-15)13(3)19/h4-9,12H,10H2,1-3H3,(H,18,20). The first-order valence-corrected chi connectivity index (χ1v) is 7.05. The zero-order valence-electron chi connectivity index (χ0n) is 12.9. The van der Waals surface area contributed by atoms with Crippen molar-refractivity contribution in [3.63, 3.8) is 0 Å². The van der Waals surface area contributed by atoms with Gasteiger partial charge in [-0.1, -0.05) is 12.1 Å². The molecule has 0 saturated heterocycles. The number of nitrogens with one attached hydrogen (secondary N) is 1. The molecule has 5 heteroatoms. The second-order valence-corrected chi connectivity index (χ2v) is 5.11. The number of carbonyl (C=O) groups excluding carboxylic acids is 2. The maximum absolute atomic E-state index is 11.9. The summed E-state index contributed by atoms with van der Waals surface area (Å²) < 4.78 is 10.9. The number of Topliss-reactive ketones (excluding diaryl/α,β-unsaturated/α-hetero) is 1. The molecule has 1 aromatic carbocycles. The van der Waals surface area contributed by atoms with Crippen LogP contribution in [0.5, 0.6) is 5.75 Å². The predicted octanol–water partition coefficient (Wildman–Crippen LogP) is 3.05. The predicted molar refractivity (Wildman–Crippen MR) is 81.9 cm³/mol. The number of rotatable bonds is 6. The van der Waals surface area contributed by atoms with Crippen molar-refractivity contribution in [1.29, 1.82) is 0 Å². The molecular weight excluding hydrogens is 282 g/mol. The molecular formula is C17H19NO4. The molecule has 0 radical (unpaired) electrons. The van der Waals surface area contributed by atoms with Crippen molar-refractivity contribution in [2.75, 3.05) is 6.61 Å². The third-order valence-corrected chi connectivity index (χ3v) is 3.18. The molecule has 2 aromatic rings. The molecule has 0 aliphatic rings. The van der Waals surface area contributed by atoms with E-state index < -0.39 is 0 Å². The molecule has 0 aliphatic carbocycles. The lowest BCUT2D eigenvalue weighted by Gasteiger charge is -2.12. The molecule has 5 nitrogen and oxygen atoms in total.